The molecule has 0 radical (unpaired) electrons. The van der Waals surface area contributed by atoms with Crippen molar-refractivity contribution in [1.82, 2.24) is 19.9 Å². The number of benzene rings is 1. The summed E-state index contributed by atoms with van der Waals surface area (Å²) >= 11 is 3.38. The van der Waals surface area contributed by atoms with Gasteiger partial charge in [-0.25, -0.2) is 9.97 Å². The van der Waals surface area contributed by atoms with Crippen LogP contribution in [-0.2, 0) is 13.5 Å². The Balaban J connectivity index is 1.66. The number of aryl methyl sites for hydroxylation is 1. The Labute approximate surface area is 154 Å². The Bertz CT molecular complexity index is 862. The number of rotatable bonds is 6. The van der Waals surface area contributed by atoms with Gasteiger partial charge >= 0.3 is 0 Å². The number of imidazole rings is 1. The van der Waals surface area contributed by atoms with Crippen LogP contribution in [0.3, 0.4) is 0 Å². The summed E-state index contributed by atoms with van der Waals surface area (Å²) < 4.78 is 8.63. The zero-order valence-electron chi connectivity index (χ0n) is 13.6. The van der Waals surface area contributed by atoms with Crippen molar-refractivity contribution in [3.05, 3.63) is 70.8 Å². The van der Waals surface area contributed by atoms with E-state index >= 15 is 0 Å². The van der Waals surface area contributed by atoms with Gasteiger partial charge < -0.3 is 14.6 Å². The number of nitrogens with zero attached hydrogens (tertiary/aromatic N) is 3. The number of pyridine rings is 1. The average molecular weight is 401 g/mol. The number of carbonyl (C=O) groups excluding carboxylic acids is 1. The van der Waals surface area contributed by atoms with Crippen molar-refractivity contribution in [2.75, 3.05) is 6.54 Å². The molecule has 0 spiro atoms. The van der Waals surface area contributed by atoms with Crippen LogP contribution in [0.15, 0.2) is 59.5 Å². The smallest absolute Gasteiger partial charge is 0.256 e. The van der Waals surface area contributed by atoms with Crippen molar-refractivity contribution < 1.29 is 9.53 Å². The number of amides is 1. The monoisotopic (exact) mass is 400 g/mol. The van der Waals surface area contributed by atoms with Crippen molar-refractivity contribution in [2.24, 2.45) is 7.05 Å². The van der Waals surface area contributed by atoms with Gasteiger partial charge in [-0.05, 0) is 36.4 Å². The molecule has 7 heteroatoms. The molecule has 0 aliphatic heterocycles. The minimum absolute atomic E-state index is 0.227. The van der Waals surface area contributed by atoms with Crippen molar-refractivity contribution in [3.8, 4) is 11.6 Å². The van der Waals surface area contributed by atoms with Crippen molar-refractivity contribution >= 4 is 21.8 Å². The third kappa shape index (κ3) is 4.45. The van der Waals surface area contributed by atoms with E-state index in [1.165, 1.54) is 0 Å². The summed E-state index contributed by atoms with van der Waals surface area (Å²) in [5.41, 5.74) is 0.394. The van der Waals surface area contributed by atoms with Crippen molar-refractivity contribution in [2.45, 2.75) is 6.42 Å². The van der Waals surface area contributed by atoms with Crippen LogP contribution in [0.2, 0.25) is 0 Å². The molecule has 3 rings (SSSR count). The Morgan fingerprint density at radius 1 is 1.20 bits per heavy atom. The summed E-state index contributed by atoms with van der Waals surface area (Å²) in [6.07, 6.45) is 5.86. The SMILES string of the molecule is Cn1ccnc1CCNC(=O)c1cccnc1Oc1ccc(Br)cc1. The van der Waals surface area contributed by atoms with E-state index < -0.39 is 0 Å². The van der Waals surface area contributed by atoms with Crippen LogP contribution in [-0.4, -0.2) is 27.0 Å². The molecule has 2 heterocycles. The zero-order valence-corrected chi connectivity index (χ0v) is 15.2. The average Bonchev–Trinajstić information content (AvgIpc) is 3.02. The van der Waals surface area contributed by atoms with E-state index in [-0.39, 0.29) is 11.8 Å². The highest BCUT2D eigenvalue weighted by Gasteiger charge is 2.14. The molecule has 0 aliphatic carbocycles. The minimum Gasteiger partial charge on any atom is -0.438 e. The topological polar surface area (TPSA) is 69.0 Å². The first-order chi connectivity index (χ1) is 12.1. The molecule has 128 valence electrons. The van der Waals surface area contributed by atoms with E-state index in [0.29, 0.717) is 24.3 Å². The molecule has 0 fully saturated rings. The Kier molecular flexibility index (Phi) is 5.45. The van der Waals surface area contributed by atoms with Gasteiger partial charge in [0.25, 0.3) is 5.91 Å². The van der Waals surface area contributed by atoms with Crippen LogP contribution in [0.1, 0.15) is 16.2 Å². The number of hydrogen-bond acceptors (Lipinski definition) is 4. The van der Waals surface area contributed by atoms with Gasteiger partial charge in [0.2, 0.25) is 5.88 Å². The Morgan fingerprint density at radius 3 is 2.72 bits per heavy atom. The molecule has 0 unspecified atom stereocenters. The van der Waals surface area contributed by atoms with Crippen LogP contribution < -0.4 is 10.1 Å². The highest BCUT2D eigenvalue weighted by atomic mass is 79.9. The highest BCUT2D eigenvalue weighted by Crippen LogP contribution is 2.24. The fourth-order valence-corrected chi connectivity index (χ4v) is 2.54. The van der Waals surface area contributed by atoms with Crippen LogP contribution in [0.25, 0.3) is 0 Å². The normalized spacial score (nSPS) is 10.5. The number of halogens is 1. The lowest BCUT2D eigenvalue weighted by atomic mass is 10.2. The lowest BCUT2D eigenvalue weighted by Crippen LogP contribution is -2.26. The second-order valence-corrected chi connectivity index (χ2v) is 6.29. The number of hydrogen-bond donors (Lipinski definition) is 1. The fraction of sp³-hybridized carbons (Fsp3) is 0.167. The van der Waals surface area contributed by atoms with Gasteiger partial charge in [-0.15, -0.1) is 0 Å². The van der Waals surface area contributed by atoms with Gasteiger partial charge in [0, 0.05) is 43.1 Å². The maximum absolute atomic E-state index is 12.5. The molecule has 0 saturated heterocycles. The number of carbonyl (C=O) groups is 1. The summed E-state index contributed by atoms with van der Waals surface area (Å²) in [6.45, 7) is 0.482. The van der Waals surface area contributed by atoms with Gasteiger partial charge in [-0.1, -0.05) is 15.9 Å². The lowest BCUT2D eigenvalue weighted by Gasteiger charge is -2.10. The molecular formula is C18H17BrN4O2. The number of nitrogens with one attached hydrogen (secondary N) is 1. The zero-order chi connectivity index (χ0) is 17.6. The first kappa shape index (κ1) is 17.2. The van der Waals surface area contributed by atoms with Gasteiger partial charge in [0.05, 0.1) is 0 Å². The fourth-order valence-electron chi connectivity index (χ4n) is 2.28. The van der Waals surface area contributed by atoms with Gasteiger partial charge in [0.1, 0.15) is 17.1 Å². The van der Waals surface area contributed by atoms with E-state index in [1.54, 1.807) is 24.5 Å². The third-order valence-corrected chi connectivity index (χ3v) is 4.13. The molecule has 3 aromatic rings. The molecule has 1 aromatic carbocycles. The van der Waals surface area contributed by atoms with Crippen molar-refractivity contribution in [1.29, 1.82) is 0 Å². The molecule has 0 aliphatic rings. The summed E-state index contributed by atoms with van der Waals surface area (Å²) in [5.74, 6) is 1.58. The number of ether oxygens (including phenoxy) is 1. The molecule has 6 nitrogen and oxygen atoms in total. The first-order valence-corrected chi connectivity index (χ1v) is 8.55. The maximum Gasteiger partial charge on any atom is 0.256 e. The highest BCUT2D eigenvalue weighted by molar-refractivity contribution is 9.10. The lowest BCUT2D eigenvalue weighted by molar-refractivity contribution is 0.0951. The predicted molar refractivity (Wildman–Crippen MR) is 97.7 cm³/mol. The second kappa shape index (κ2) is 7.94. The van der Waals surface area contributed by atoms with Gasteiger partial charge in [-0.2, -0.15) is 0 Å². The first-order valence-electron chi connectivity index (χ1n) is 7.76. The quantitative estimate of drug-likeness (QED) is 0.688. The van der Waals surface area contributed by atoms with Crippen LogP contribution in [0.5, 0.6) is 11.6 Å². The molecular weight excluding hydrogens is 384 g/mol. The standard InChI is InChI=1S/C18H17BrN4O2/c1-23-12-11-20-16(23)8-10-21-17(24)15-3-2-9-22-18(15)25-14-6-4-13(19)5-7-14/h2-7,9,11-12H,8,10H2,1H3,(H,21,24). The molecule has 0 atom stereocenters. The second-order valence-electron chi connectivity index (χ2n) is 5.37. The number of aromatic nitrogens is 3. The molecule has 1 amide bonds. The molecule has 0 bridgehead atoms. The van der Waals surface area contributed by atoms with Crippen LogP contribution in [0, 0.1) is 0 Å². The van der Waals surface area contributed by atoms with E-state index in [2.05, 4.69) is 31.2 Å². The molecule has 0 saturated carbocycles. The van der Waals surface area contributed by atoms with E-state index in [9.17, 15) is 4.79 Å². The molecule has 25 heavy (non-hydrogen) atoms. The summed E-state index contributed by atoms with van der Waals surface area (Å²) in [4.78, 5) is 20.9. The minimum atomic E-state index is -0.227. The van der Waals surface area contributed by atoms with E-state index in [4.69, 9.17) is 4.74 Å². The van der Waals surface area contributed by atoms with Crippen molar-refractivity contribution in [3.63, 3.8) is 0 Å². The van der Waals surface area contributed by atoms with E-state index in [0.717, 1.165) is 10.3 Å². The van der Waals surface area contributed by atoms with Gasteiger partial charge in [-0.3, -0.25) is 4.79 Å². The summed E-state index contributed by atoms with van der Waals surface area (Å²) in [7, 11) is 1.93. The summed E-state index contributed by atoms with van der Waals surface area (Å²) in [6, 6.07) is 10.7. The third-order valence-electron chi connectivity index (χ3n) is 3.60. The summed E-state index contributed by atoms with van der Waals surface area (Å²) in [5, 5.41) is 2.88. The Morgan fingerprint density at radius 2 is 2.00 bits per heavy atom. The maximum atomic E-state index is 12.5. The molecule has 2 aromatic heterocycles. The van der Waals surface area contributed by atoms with Gasteiger partial charge in [0.15, 0.2) is 0 Å². The molecule has 1 N–H and O–H groups in total. The van der Waals surface area contributed by atoms with Crippen LogP contribution in [0.4, 0.5) is 0 Å². The van der Waals surface area contributed by atoms with E-state index in [1.807, 2.05) is 42.1 Å². The largest absolute Gasteiger partial charge is 0.438 e. The Hall–Kier alpha value is -2.67. The predicted octanol–water partition coefficient (Wildman–Crippen LogP) is 3.34. The van der Waals surface area contributed by atoms with Crippen LogP contribution >= 0.6 is 15.9 Å².